The third-order valence-corrected chi connectivity index (χ3v) is 3.41. The molecule has 7 heteroatoms. The summed E-state index contributed by atoms with van der Waals surface area (Å²) in [6.45, 7) is 3.34. The molecule has 0 aromatic carbocycles. The number of amides is 3. The molecule has 1 aliphatic heterocycles. The normalized spacial score (nSPS) is 16.1. The van der Waals surface area contributed by atoms with Crippen molar-refractivity contribution >= 4 is 17.7 Å². The van der Waals surface area contributed by atoms with Crippen molar-refractivity contribution in [2.45, 2.75) is 25.8 Å². The van der Waals surface area contributed by atoms with Crippen LogP contribution in [-0.2, 0) is 14.4 Å². The number of nitrogens with one attached hydrogen (secondary N) is 2. The Hall–Kier alpha value is -1.63. The van der Waals surface area contributed by atoms with Crippen molar-refractivity contribution in [2.75, 3.05) is 40.3 Å². The fourth-order valence-electron chi connectivity index (χ4n) is 2.24. The molecule has 0 spiro atoms. The zero-order valence-corrected chi connectivity index (χ0v) is 12.4. The number of carbonyl (C=O) groups excluding carboxylic acids is 3. The van der Waals surface area contributed by atoms with E-state index >= 15 is 0 Å². The zero-order chi connectivity index (χ0) is 15.1. The number of hydrogen-bond acceptors (Lipinski definition) is 4. The molecule has 0 unspecified atom stereocenters. The maximum absolute atomic E-state index is 11.8. The second-order valence-corrected chi connectivity index (χ2v) is 5.19. The molecule has 0 aliphatic carbocycles. The Labute approximate surface area is 119 Å². The summed E-state index contributed by atoms with van der Waals surface area (Å²) in [6, 6.07) is 0.117. The largest absolute Gasteiger partial charge is 0.358 e. The van der Waals surface area contributed by atoms with Crippen LogP contribution in [0.2, 0.25) is 0 Å². The van der Waals surface area contributed by atoms with E-state index in [1.165, 1.54) is 0 Å². The Kier molecular flexibility index (Phi) is 6.44. The van der Waals surface area contributed by atoms with Gasteiger partial charge in [-0.1, -0.05) is 0 Å². The molecule has 0 atom stereocenters. The summed E-state index contributed by atoms with van der Waals surface area (Å²) in [4.78, 5) is 37.7. The summed E-state index contributed by atoms with van der Waals surface area (Å²) in [6.07, 6.45) is 1.56. The van der Waals surface area contributed by atoms with Gasteiger partial charge in [-0.15, -0.1) is 0 Å². The number of rotatable bonds is 5. The molecule has 1 saturated heterocycles. The van der Waals surface area contributed by atoms with Crippen LogP contribution < -0.4 is 10.6 Å². The third kappa shape index (κ3) is 5.56. The average Bonchev–Trinajstić information content (AvgIpc) is 2.38. The van der Waals surface area contributed by atoms with Gasteiger partial charge < -0.3 is 15.5 Å². The van der Waals surface area contributed by atoms with Crippen molar-refractivity contribution in [3.8, 4) is 0 Å². The first kappa shape index (κ1) is 16.4. The van der Waals surface area contributed by atoms with Crippen molar-refractivity contribution in [3.63, 3.8) is 0 Å². The molecule has 1 heterocycles. The first-order valence-electron chi connectivity index (χ1n) is 6.86. The first-order chi connectivity index (χ1) is 9.42. The number of hydrogen-bond donors (Lipinski definition) is 2. The predicted molar refractivity (Wildman–Crippen MR) is 75.0 cm³/mol. The molecule has 1 fully saturated rings. The van der Waals surface area contributed by atoms with Crippen LogP contribution in [0.15, 0.2) is 0 Å². The highest BCUT2D eigenvalue weighted by Gasteiger charge is 2.22. The van der Waals surface area contributed by atoms with Crippen LogP contribution in [0.1, 0.15) is 19.8 Å². The standard InChI is InChI=1S/C13H24N4O3/c1-10(18)17-6-4-11(5-7-17)15-13(20)9-16(3)8-12(19)14-2/h11H,4-9H2,1-3H3,(H,14,19)(H,15,20). The SMILES string of the molecule is CNC(=O)CN(C)CC(=O)NC1CCN(C(C)=O)CC1. The summed E-state index contributed by atoms with van der Waals surface area (Å²) < 4.78 is 0. The quantitative estimate of drug-likeness (QED) is 0.664. The third-order valence-electron chi connectivity index (χ3n) is 3.41. The molecule has 0 saturated carbocycles. The van der Waals surface area contributed by atoms with Crippen LogP contribution in [0.4, 0.5) is 0 Å². The van der Waals surface area contributed by atoms with Gasteiger partial charge >= 0.3 is 0 Å². The van der Waals surface area contributed by atoms with Gasteiger partial charge in [0.1, 0.15) is 0 Å². The highest BCUT2D eigenvalue weighted by molar-refractivity contribution is 5.81. The second kappa shape index (κ2) is 7.84. The molecule has 114 valence electrons. The van der Waals surface area contributed by atoms with Crippen LogP contribution in [0, 0.1) is 0 Å². The van der Waals surface area contributed by atoms with Crippen LogP contribution in [-0.4, -0.2) is 73.8 Å². The van der Waals surface area contributed by atoms with E-state index in [-0.39, 0.29) is 36.9 Å². The molecule has 7 nitrogen and oxygen atoms in total. The van der Waals surface area contributed by atoms with Crippen LogP contribution >= 0.6 is 0 Å². The highest BCUT2D eigenvalue weighted by Crippen LogP contribution is 2.10. The summed E-state index contributed by atoms with van der Waals surface area (Å²) in [5.41, 5.74) is 0. The number of piperidine rings is 1. The maximum atomic E-state index is 11.8. The summed E-state index contributed by atoms with van der Waals surface area (Å²) >= 11 is 0. The Bertz CT molecular complexity index is 365. The molecular weight excluding hydrogens is 260 g/mol. The average molecular weight is 284 g/mol. The van der Waals surface area contributed by atoms with Crippen molar-refractivity contribution in [2.24, 2.45) is 0 Å². The van der Waals surface area contributed by atoms with Gasteiger partial charge in [0.25, 0.3) is 0 Å². The van der Waals surface area contributed by atoms with E-state index in [0.717, 1.165) is 12.8 Å². The highest BCUT2D eigenvalue weighted by atomic mass is 16.2. The molecule has 0 aromatic heterocycles. The number of nitrogens with zero attached hydrogens (tertiary/aromatic N) is 2. The van der Waals surface area contributed by atoms with Gasteiger partial charge in [0, 0.05) is 33.1 Å². The minimum atomic E-state index is -0.116. The first-order valence-corrected chi connectivity index (χ1v) is 6.86. The number of carbonyl (C=O) groups is 3. The molecule has 20 heavy (non-hydrogen) atoms. The van der Waals surface area contributed by atoms with Crippen LogP contribution in [0.25, 0.3) is 0 Å². The van der Waals surface area contributed by atoms with Crippen molar-refractivity contribution in [1.82, 2.24) is 20.4 Å². The summed E-state index contributed by atoms with van der Waals surface area (Å²) in [7, 11) is 3.30. The van der Waals surface area contributed by atoms with Crippen molar-refractivity contribution in [1.29, 1.82) is 0 Å². The monoisotopic (exact) mass is 284 g/mol. The Morgan fingerprint density at radius 2 is 1.70 bits per heavy atom. The van der Waals surface area contributed by atoms with E-state index in [1.54, 1.807) is 30.8 Å². The minimum absolute atomic E-state index is 0.0834. The lowest BCUT2D eigenvalue weighted by molar-refractivity contribution is -0.130. The minimum Gasteiger partial charge on any atom is -0.358 e. The number of likely N-dealkylation sites (N-methyl/N-ethyl adjacent to an activating group) is 2. The molecule has 0 radical (unpaired) electrons. The van der Waals surface area contributed by atoms with E-state index in [0.29, 0.717) is 13.1 Å². The molecular formula is C13H24N4O3. The molecule has 2 N–H and O–H groups in total. The van der Waals surface area contributed by atoms with E-state index in [4.69, 9.17) is 0 Å². The van der Waals surface area contributed by atoms with E-state index in [2.05, 4.69) is 10.6 Å². The van der Waals surface area contributed by atoms with Gasteiger partial charge in [-0.3, -0.25) is 19.3 Å². The van der Waals surface area contributed by atoms with Gasteiger partial charge in [-0.05, 0) is 19.9 Å². The lowest BCUT2D eigenvalue weighted by atomic mass is 10.1. The van der Waals surface area contributed by atoms with Crippen molar-refractivity contribution < 1.29 is 14.4 Å². The Morgan fingerprint density at radius 3 is 2.20 bits per heavy atom. The van der Waals surface area contributed by atoms with Gasteiger partial charge in [0.05, 0.1) is 13.1 Å². The van der Waals surface area contributed by atoms with E-state index in [1.807, 2.05) is 0 Å². The fraction of sp³-hybridized carbons (Fsp3) is 0.769. The molecule has 0 aromatic rings. The van der Waals surface area contributed by atoms with Gasteiger partial charge in [-0.25, -0.2) is 0 Å². The van der Waals surface area contributed by atoms with Crippen molar-refractivity contribution in [3.05, 3.63) is 0 Å². The van der Waals surface area contributed by atoms with Gasteiger partial charge in [0.15, 0.2) is 0 Å². The molecule has 3 amide bonds. The number of likely N-dealkylation sites (tertiary alicyclic amines) is 1. The Morgan fingerprint density at radius 1 is 1.15 bits per heavy atom. The molecule has 0 bridgehead atoms. The van der Waals surface area contributed by atoms with Crippen LogP contribution in [0.5, 0.6) is 0 Å². The van der Waals surface area contributed by atoms with E-state index in [9.17, 15) is 14.4 Å². The molecule has 1 rings (SSSR count). The molecule has 1 aliphatic rings. The lowest BCUT2D eigenvalue weighted by Crippen LogP contribution is -2.48. The predicted octanol–water partition coefficient (Wildman–Crippen LogP) is -1.21. The van der Waals surface area contributed by atoms with Crippen LogP contribution in [0.3, 0.4) is 0 Å². The Balaban J connectivity index is 2.26. The zero-order valence-electron chi connectivity index (χ0n) is 12.4. The maximum Gasteiger partial charge on any atom is 0.234 e. The second-order valence-electron chi connectivity index (χ2n) is 5.19. The van der Waals surface area contributed by atoms with E-state index < -0.39 is 0 Å². The lowest BCUT2D eigenvalue weighted by Gasteiger charge is -2.32. The smallest absolute Gasteiger partial charge is 0.234 e. The topological polar surface area (TPSA) is 81.8 Å². The fourth-order valence-corrected chi connectivity index (χ4v) is 2.24. The summed E-state index contributed by atoms with van der Waals surface area (Å²) in [5, 5.41) is 5.47. The van der Waals surface area contributed by atoms with Gasteiger partial charge in [-0.2, -0.15) is 0 Å². The van der Waals surface area contributed by atoms with Gasteiger partial charge in [0.2, 0.25) is 17.7 Å². The summed E-state index contributed by atoms with van der Waals surface area (Å²) in [5.74, 6) is -0.118.